The molecule has 1 N–H and O–H groups in total. The summed E-state index contributed by atoms with van der Waals surface area (Å²) in [4.78, 5) is 16.6. The van der Waals surface area contributed by atoms with Gasteiger partial charge in [-0.15, -0.1) is 0 Å². The summed E-state index contributed by atoms with van der Waals surface area (Å²) in [5.74, 6) is 0.0439. The van der Waals surface area contributed by atoms with Gasteiger partial charge >= 0.3 is 0 Å². The largest absolute Gasteiger partial charge is 0.497 e. The Morgan fingerprint density at radius 2 is 2.22 bits per heavy atom. The van der Waals surface area contributed by atoms with Gasteiger partial charge in [0.25, 0.3) is 10.0 Å². The van der Waals surface area contributed by atoms with Gasteiger partial charge < -0.3 is 14.6 Å². The van der Waals surface area contributed by atoms with Gasteiger partial charge in [0.1, 0.15) is 5.75 Å². The van der Waals surface area contributed by atoms with Gasteiger partial charge in [0, 0.05) is 37.6 Å². The van der Waals surface area contributed by atoms with Crippen molar-refractivity contribution < 1.29 is 17.9 Å². The molecule has 1 aromatic heterocycles. The first-order chi connectivity index (χ1) is 12.9. The number of benzene rings is 1. The maximum absolute atomic E-state index is 12.8. The predicted molar refractivity (Wildman–Crippen MR) is 101 cm³/mol. The Labute approximate surface area is 159 Å². The first-order valence-electron chi connectivity index (χ1n) is 8.91. The zero-order valence-electron chi connectivity index (χ0n) is 15.5. The summed E-state index contributed by atoms with van der Waals surface area (Å²) in [6.07, 6.45) is 4.30. The average molecular weight is 392 g/mol. The number of sulfonamides is 1. The number of hydrogen-bond donors (Lipinski definition) is 1. The molecule has 1 aliphatic rings. The van der Waals surface area contributed by atoms with E-state index in [-0.39, 0.29) is 17.5 Å². The molecule has 0 saturated carbocycles. The molecule has 8 nitrogen and oxygen atoms in total. The van der Waals surface area contributed by atoms with E-state index in [1.807, 2.05) is 6.92 Å². The van der Waals surface area contributed by atoms with E-state index in [0.717, 1.165) is 0 Å². The van der Waals surface area contributed by atoms with Gasteiger partial charge in [0.2, 0.25) is 5.91 Å². The molecule has 1 fully saturated rings. The fraction of sp³-hybridized carbons (Fsp3) is 0.444. The Morgan fingerprint density at radius 1 is 1.41 bits per heavy atom. The minimum absolute atomic E-state index is 0.0261. The highest BCUT2D eigenvalue weighted by atomic mass is 32.2. The van der Waals surface area contributed by atoms with E-state index in [4.69, 9.17) is 4.74 Å². The predicted octanol–water partition coefficient (Wildman–Crippen LogP) is 1.95. The maximum Gasteiger partial charge on any atom is 0.262 e. The monoisotopic (exact) mass is 392 g/mol. The number of rotatable bonds is 6. The van der Waals surface area contributed by atoms with Crippen molar-refractivity contribution >= 4 is 21.6 Å². The molecule has 27 heavy (non-hydrogen) atoms. The van der Waals surface area contributed by atoms with Crippen LogP contribution in [0.1, 0.15) is 19.8 Å². The van der Waals surface area contributed by atoms with E-state index < -0.39 is 15.9 Å². The third kappa shape index (κ3) is 4.30. The lowest BCUT2D eigenvalue weighted by molar-refractivity contribution is -0.120. The molecule has 1 saturated heterocycles. The number of ether oxygens (including phenoxy) is 1. The summed E-state index contributed by atoms with van der Waals surface area (Å²) in [6.45, 7) is 3.10. The highest BCUT2D eigenvalue weighted by Crippen LogP contribution is 2.25. The lowest BCUT2D eigenvalue weighted by Crippen LogP contribution is -2.43. The Morgan fingerprint density at radius 3 is 2.93 bits per heavy atom. The van der Waals surface area contributed by atoms with Gasteiger partial charge in [-0.05, 0) is 31.9 Å². The minimum atomic E-state index is -3.70. The number of amides is 1. The highest BCUT2D eigenvalue weighted by Gasteiger charge is 2.34. The number of carbonyl (C=O) groups is 1. The van der Waals surface area contributed by atoms with Crippen LogP contribution in [0.4, 0.5) is 5.69 Å². The molecule has 0 radical (unpaired) electrons. The number of carbonyl (C=O) groups excluding carboxylic acids is 1. The van der Waals surface area contributed by atoms with E-state index in [2.05, 4.69) is 10.3 Å². The van der Waals surface area contributed by atoms with Gasteiger partial charge in [-0.25, -0.2) is 13.4 Å². The van der Waals surface area contributed by atoms with Crippen LogP contribution in [0.2, 0.25) is 0 Å². The number of hydrogen-bond acceptors (Lipinski definition) is 5. The fourth-order valence-electron chi connectivity index (χ4n) is 3.10. The number of piperidine rings is 1. The summed E-state index contributed by atoms with van der Waals surface area (Å²) in [7, 11) is -2.14. The molecule has 9 heteroatoms. The standard InChI is InChI=1S/C18H24N4O4S/c1-3-21-12-17(19-13-21)27(24,25)22-9-5-6-14(11-22)18(23)20-15-7-4-8-16(10-15)26-2/h4,7-8,10,12-14H,3,5-6,9,11H2,1-2H3,(H,20,23)/t14-/m0/s1. The summed E-state index contributed by atoms with van der Waals surface area (Å²) < 4.78 is 33.9. The third-order valence-electron chi connectivity index (χ3n) is 4.67. The van der Waals surface area contributed by atoms with Gasteiger partial charge in [-0.3, -0.25) is 4.79 Å². The van der Waals surface area contributed by atoms with Crippen molar-refractivity contribution in [1.29, 1.82) is 0 Å². The Hall–Kier alpha value is -2.39. The second-order valence-corrected chi connectivity index (χ2v) is 8.35. The number of aromatic nitrogens is 2. The Bertz CT molecular complexity index is 910. The molecule has 146 valence electrons. The van der Waals surface area contributed by atoms with Crippen LogP contribution >= 0.6 is 0 Å². The van der Waals surface area contributed by atoms with Crippen molar-refractivity contribution in [2.45, 2.75) is 31.3 Å². The fourth-order valence-corrected chi connectivity index (χ4v) is 4.56. The van der Waals surface area contributed by atoms with E-state index in [0.29, 0.717) is 37.4 Å². The molecule has 1 aromatic carbocycles. The maximum atomic E-state index is 12.8. The second-order valence-electron chi connectivity index (χ2n) is 6.47. The zero-order chi connectivity index (χ0) is 19.4. The van der Waals surface area contributed by atoms with Gasteiger partial charge in [-0.1, -0.05) is 6.07 Å². The molecule has 2 aromatic rings. The normalized spacial score (nSPS) is 18.2. The SMILES string of the molecule is CCn1cnc(S(=O)(=O)N2CCC[C@H](C(=O)Nc3cccc(OC)c3)C2)c1. The molecule has 0 aliphatic carbocycles. The van der Waals surface area contributed by atoms with Gasteiger partial charge in [0.05, 0.1) is 19.4 Å². The molecule has 0 unspecified atom stereocenters. The quantitative estimate of drug-likeness (QED) is 0.811. The molecule has 0 bridgehead atoms. The van der Waals surface area contributed by atoms with Crippen LogP contribution in [-0.4, -0.2) is 48.4 Å². The zero-order valence-corrected chi connectivity index (χ0v) is 16.3. The Balaban J connectivity index is 1.70. The van der Waals surface area contributed by atoms with Crippen molar-refractivity contribution in [3.8, 4) is 5.75 Å². The van der Waals surface area contributed by atoms with Gasteiger partial charge in [0.15, 0.2) is 5.03 Å². The van der Waals surface area contributed by atoms with Crippen LogP contribution in [0.5, 0.6) is 5.75 Å². The third-order valence-corrected chi connectivity index (χ3v) is 6.42. The molecule has 3 rings (SSSR count). The van der Waals surface area contributed by atoms with Crippen molar-refractivity contribution in [3.05, 3.63) is 36.8 Å². The smallest absolute Gasteiger partial charge is 0.262 e. The first-order valence-corrected chi connectivity index (χ1v) is 10.3. The summed E-state index contributed by atoms with van der Waals surface area (Å²) in [5.41, 5.74) is 0.626. The van der Waals surface area contributed by atoms with Crippen molar-refractivity contribution in [3.63, 3.8) is 0 Å². The number of nitrogens with zero attached hydrogens (tertiary/aromatic N) is 3. The first kappa shape index (κ1) is 19.4. The highest BCUT2D eigenvalue weighted by molar-refractivity contribution is 7.89. The van der Waals surface area contributed by atoms with Crippen LogP contribution < -0.4 is 10.1 Å². The van der Waals surface area contributed by atoms with E-state index in [9.17, 15) is 13.2 Å². The minimum Gasteiger partial charge on any atom is -0.497 e. The topological polar surface area (TPSA) is 93.5 Å². The van der Waals surface area contributed by atoms with Crippen LogP contribution in [-0.2, 0) is 21.4 Å². The average Bonchev–Trinajstić information content (AvgIpc) is 3.18. The van der Waals surface area contributed by atoms with E-state index in [1.165, 1.54) is 16.8 Å². The van der Waals surface area contributed by atoms with Crippen molar-refractivity contribution in [2.24, 2.45) is 5.92 Å². The second kappa shape index (κ2) is 8.10. The lowest BCUT2D eigenvalue weighted by Gasteiger charge is -2.30. The summed E-state index contributed by atoms with van der Waals surface area (Å²) in [6, 6.07) is 7.08. The molecule has 1 aliphatic heterocycles. The van der Waals surface area contributed by atoms with Crippen LogP contribution in [0.3, 0.4) is 0 Å². The van der Waals surface area contributed by atoms with E-state index in [1.54, 1.807) is 35.9 Å². The number of nitrogens with one attached hydrogen (secondary N) is 1. The number of aryl methyl sites for hydroxylation is 1. The molecule has 1 amide bonds. The number of imidazole rings is 1. The van der Waals surface area contributed by atoms with E-state index >= 15 is 0 Å². The molecule has 1 atom stereocenters. The Kier molecular flexibility index (Phi) is 5.81. The molecule has 2 heterocycles. The molecular weight excluding hydrogens is 368 g/mol. The molecule has 0 spiro atoms. The molecular formula is C18H24N4O4S. The van der Waals surface area contributed by atoms with Crippen LogP contribution in [0.25, 0.3) is 0 Å². The summed E-state index contributed by atoms with van der Waals surface area (Å²) >= 11 is 0. The van der Waals surface area contributed by atoms with Gasteiger partial charge in [-0.2, -0.15) is 4.31 Å². The number of anilines is 1. The lowest BCUT2D eigenvalue weighted by atomic mass is 9.98. The van der Waals surface area contributed by atoms with Crippen molar-refractivity contribution in [2.75, 3.05) is 25.5 Å². The number of methoxy groups -OCH3 is 1. The summed E-state index contributed by atoms with van der Waals surface area (Å²) in [5, 5.41) is 2.88. The van der Waals surface area contributed by atoms with Crippen molar-refractivity contribution in [1.82, 2.24) is 13.9 Å². The van der Waals surface area contributed by atoms with Crippen LogP contribution in [0.15, 0.2) is 41.8 Å². The van der Waals surface area contributed by atoms with Crippen LogP contribution in [0, 0.1) is 5.92 Å².